The molecule has 4 rings (SSSR count). The Labute approximate surface area is 289 Å². The summed E-state index contributed by atoms with van der Waals surface area (Å²) in [6.07, 6.45) is 3.53. The van der Waals surface area contributed by atoms with Crippen LogP contribution in [0.3, 0.4) is 0 Å². The van der Waals surface area contributed by atoms with Crippen molar-refractivity contribution in [1.82, 2.24) is 19.7 Å². The van der Waals surface area contributed by atoms with Gasteiger partial charge in [0, 0.05) is 44.5 Å². The van der Waals surface area contributed by atoms with Gasteiger partial charge in [0.15, 0.2) is 6.29 Å². The first-order chi connectivity index (χ1) is 22.9. The van der Waals surface area contributed by atoms with Crippen molar-refractivity contribution in [3.05, 3.63) is 58.8 Å². The Bertz CT molecular complexity index is 1550. The lowest BCUT2D eigenvalue weighted by Crippen LogP contribution is -2.50. The van der Waals surface area contributed by atoms with Crippen LogP contribution in [0.1, 0.15) is 78.5 Å². The summed E-state index contributed by atoms with van der Waals surface area (Å²) in [5.74, 6) is 0. The number of fused-ring (bicyclic) bond motifs is 1. The molecule has 1 aromatic heterocycles. The Morgan fingerprint density at radius 2 is 1.85 bits per heavy atom. The molecule has 48 heavy (non-hydrogen) atoms. The molecule has 2 heterocycles. The number of aromatic nitrogens is 3. The smallest absolute Gasteiger partial charge is 0.160 e. The highest BCUT2D eigenvalue weighted by Crippen LogP contribution is 2.28. The first-order valence-corrected chi connectivity index (χ1v) is 17.6. The number of allylic oxidation sites excluding steroid dienone is 1. The summed E-state index contributed by atoms with van der Waals surface area (Å²) in [6, 6.07) is 15.3. The zero-order chi connectivity index (χ0) is 34.9. The van der Waals surface area contributed by atoms with Crippen LogP contribution < -0.4 is 9.62 Å². The fourth-order valence-electron chi connectivity index (χ4n) is 5.63. The van der Waals surface area contributed by atoms with E-state index >= 15 is 0 Å². The van der Waals surface area contributed by atoms with Crippen molar-refractivity contribution < 1.29 is 24.4 Å². The Hall–Kier alpha value is -3.02. The van der Waals surface area contributed by atoms with Crippen LogP contribution in [0.4, 0.5) is 5.69 Å². The van der Waals surface area contributed by atoms with Gasteiger partial charge in [-0.05, 0) is 99.5 Å². The van der Waals surface area contributed by atoms with E-state index in [0.29, 0.717) is 23.6 Å². The van der Waals surface area contributed by atoms with Crippen molar-refractivity contribution in [2.45, 2.75) is 110 Å². The van der Waals surface area contributed by atoms with Crippen LogP contribution in [-0.2, 0) is 26.4 Å². The summed E-state index contributed by atoms with van der Waals surface area (Å²) >= 11 is 1.33. The van der Waals surface area contributed by atoms with E-state index in [9.17, 15) is 15.5 Å². The number of nitrogens with one attached hydrogen (secondary N) is 1. The van der Waals surface area contributed by atoms with E-state index in [0.717, 1.165) is 36.9 Å². The van der Waals surface area contributed by atoms with Crippen LogP contribution in [-0.4, -0.2) is 82.2 Å². The number of rotatable bonds is 17. The molecule has 0 spiro atoms. The molecule has 1 saturated heterocycles. The number of benzene rings is 2. The molecule has 1 aliphatic heterocycles. The van der Waals surface area contributed by atoms with Crippen LogP contribution >= 0.6 is 11.9 Å². The van der Waals surface area contributed by atoms with Gasteiger partial charge in [-0.15, -0.1) is 5.10 Å². The molecule has 2 unspecified atom stereocenters. The number of hydrogen-bond acceptors (Lipinski definition) is 11. The summed E-state index contributed by atoms with van der Waals surface area (Å²) in [6.45, 7) is 15.2. The van der Waals surface area contributed by atoms with Crippen molar-refractivity contribution in [2.75, 3.05) is 31.7 Å². The predicted molar refractivity (Wildman–Crippen MR) is 191 cm³/mol. The molecule has 1 fully saturated rings. The minimum atomic E-state index is -1.05. The van der Waals surface area contributed by atoms with Crippen molar-refractivity contribution in [3.63, 3.8) is 0 Å². The molecule has 3 N–H and O–H groups in total. The highest BCUT2D eigenvalue weighted by atomic mass is 32.2. The number of anilines is 1. The molecule has 11 nitrogen and oxygen atoms in total. The van der Waals surface area contributed by atoms with Crippen molar-refractivity contribution in [3.8, 4) is 6.07 Å². The van der Waals surface area contributed by atoms with Gasteiger partial charge in [0.05, 0.1) is 18.8 Å². The largest absolute Gasteiger partial charge is 0.390 e. The van der Waals surface area contributed by atoms with Gasteiger partial charge in [-0.3, -0.25) is 4.72 Å². The van der Waals surface area contributed by atoms with Crippen LogP contribution in [0, 0.1) is 11.3 Å². The third kappa shape index (κ3) is 10.2. The van der Waals surface area contributed by atoms with Gasteiger partial charge >= 0.3 is 0 Å². The van der Waals surface area contributed by atoms with Gasteiger partial charge in [-0.25, -0.2) is 4.68 Å². The van der Waals surface area contributed by atoms with Crippen LogP contribution in [0.15, 0.2) is 47.5 Å². The summed E-state index contributed by atoms with van der Waals surface area (Å²) in [4.78, 5) is 3.01. The second-order valence-electron chi connectivity index (χ2n) is 13.6. The lowest BCUT2D eigenvalue weighted by atomic mass is 10.0. The van der Waals surface area contributed by atoms with E-state index in [1.54, 1.807) is 10.9 Å². The maximum absolute atomic E-state index is 10.4. The third-order valence-electron chi connectivity index (χ3n) is 8.56. The van der Waals surface area contributed by atoms with E-state index < -0.39 is 30.2 Å². The number of aliphatic hydroxyl groups is 2. The number of nitriles is 1. The molecule has 0 saturated carbocycles. The van der Waals surface area contributed by atoms with E-state index in [1.807, 2.05) is 19.9 Å². The molecule has 4 atom stereocenters. The fraction of sp³-hybridized carbons (Fsp3) is 0.583. The third-order valence-corrected chi connectivity index (χ3v) is 9.64. The van der Waals surface area contributed by atoms with Gasteiger partial charge < -0.3 is 29.3 Å². The lowest BCUT2D eigenvalue weighted by molar-refractivity contribution is -0.245. The number of ether oxygens (including phenoxy) is 3. The highest BCUT2D eigenvalue weighted by molar-refractivity contribution is 8.01. The second-order valence-corrected chi connectivity index (χ2v) is 14.4. The van der Waals surface area contributed by atoms with Crippen molar-refractivity contribution >= 4 is 34.5 Å². The Morgan fingerprint density at radius 1 is 1.15 bits per heavy atom. The topological polar surface area (TPSA) is 138 Å². The maximum Gasteiger partial charge on any atom is 0.160 e. The summed E-state index contributed by atoms with van der Waals surface area (Å²) in [5, 5.41) is 41.3. The lowest BCUT2D eigenvalue weighted by Gasteiger charge is -2.36. The Kier molecular flexibility index (Phi) is 13.4. The fourth-order valence-corrected chi connectivity index (χ4v) is 6.36. The van der Waals surface area contributed by atoms with Gasteiger partial charge in [0.1, 0.15) is 34.5 Å². The predicted octanol–water partition coefficient (Wildman–Crippen LogP) is 5.76. The van der Waals surface area contributed by atoms with Gasteiger partial charge in [0.2, 0.25) is 0 Å². The SMILES string of the molecule is CCCN(CCC)c1ccc2cc(/C=C(\C#N)SNC(C)(C)CCOC(C)(C)c3cn(CC4O[C@H](OC)CC(O)[C@@H]4O)nn3)ccc2c1. The molecular weight excluding hydrogens is 629 g/mol. The van der Waals surface area contributed by atoms with Crippen molar-refractivity contribution in [1.29, 1.82) is 5.26 Å². The monoisotopic (exact) mass is 680 g/mol. The van der Waals surface area contributed by atoms with Crippen molar-refractivity contribution in [2.24, 2.45) is 0 Å². The second kappa shape index (κ2) is 17.1. The molecule has 2 aromatic carbocycles. The number of aliphatic hydroxyl groups excluding tert-OH is 2. The number of hydrogen-bond donors (Lipinski definition) is 3. The first kappa shape index (κ1) is 37.8. The first-order valence-electron chi connectivity index (χ1n) is 16.8. The van der Waals surface area contributed by atoms with E-state index in [2.05, 4.69) is 90.1 Å². The number of nitrogens with zero attached hydrogens (tertiary/aromatic N) is 5. The zero-order valence-electron chi connectivity index (χ0n) is 29.3. The quantitative estimate of drug-likeness (QED) is 0.118. The molecule has 1 aliphatic rings. The van der Waals surface area contributed by atoms with Gasteiger partial charge in [-0.1, -0.05) is 37.3 Å². The molecule has 0 amide bonds. The normalized spacial score (nSPS) is 20.6. The minimum Gasteiger partial charge on any atom is -0.390 e. The number of methoxy groups -OCH3 is 1. The van der Waals surface area contributed by atoms with Crippen LogP contribution in [0.25, 0.3) is 16.8 Å². The molecule has 3 aromatic rings. The molecule has 262 valence electrons. The molecule has 12 heteroatoms. The molecular formula is C36H52N6O5S. The zero-order valence-corrected chi connectivity index (χ0v) is 30.2. The van der Waals surface area contributed by atoms with Gasteiger partial charge in [0.25, 0.3) is 0 Å². The van der Waals surface area contributed by atoms with Crippen LogP contribution in [0.5, 0.6) is 0 Å². The maximum atomic E-state index is 10.4. The average molecular weight is 681 g/mol. The van der Waals surface area contributed by atoms with E-state index in [4.69, 9.17) is 14.2 Å². The van der Waals surface area contributed by atoms with E-state index in [-0.39, 0.29) is 18.5 Å². The highest BCUT2D eigenvalue weighted by Gasteiger charge is 2.37. The van der Waals surface area contributed by atoms with Crippen LogP contribution in [0.2, 0.25) is 0 Å². The van der Waals surface area contributed by atoms with E-state index in [1.165, 1.54) is 30.1 Å². The minimum absolute atomic E-state index is 0.207. The average Bonchev–Trinajstić information content (AvgIpc) is 3.54. The molecule has 0 bridgehead atoms. The summed E-state index contributed by atoms with van der Waals surface area (Å²) in [7, 11) is 1.50. The summed E-state index contributed by atoms with van der Waals surface area (Å²) in [5.41, 5.74) is 1.82. The molecule has 0 aliphatic carbocycles. The standard InChI is InChI=1S/C36H52N6O5S/c1-8-15-41(16-9-2)28-13-12-26-18-25(10-11-27(26)20-28)19-29(22-37)48-39-35(3,4)14-17-46-36(5,6)32-24-42(40-38-32)23-31-34(44)30(43)21-33(45-7)47-31/h10-13,18-20,24,30-31,33-34,39,43-44H,8-9,14-17,21,23H2,1-7H3/b29-19+/t30?,31?,33-,34-/m0/s1. The Morgan fingerprint density at radius 3 is 2.54 bits per heavy atom. The Balaban J connectivity index is 1.30. The summed E-state index contributed by atoms with van der Waals surface area (Å²) < 4.78 is 22.3. The molecule has 0 radical (unpaired) electrons. The van der Waals surface area contributed by atoms with Gasteiger partial charge in [-0.2, -0.15) is 5.26 Å².